The van der Waals surface area contributed by atoms with Gasteiger partial charge in [-0.1, -0.05) is 44.4 Å². The van der Waals surface area contributed by atoms with Crippen LogP contribution >= 0.6 is 0 Å². The minimum atomic E-state index is -2.25. The van der Waals surface area contributed by atoms with Crippen LogP contribution in [0.4, 0.5) is 0 Å². The Bertz CT molecular complexity index is 243. The zero-order valence-corrected chi connectivity index (χ0v) is 13.5. The van der Waals surface area contributed by atoms with Gasteiger partial charge in [-0.15, -0.1) is 6.58 Å². The summed E-state index contributed by atoms with van der Waals surface area (Å²) in [5.74, 6) is 0. The fourth-order valence-corrected chi connectivity index (χ4v) is 3.36. The molecule has 0 amide bonds. The molecule has 2 atom stereocenters. The van der Waals surface area contributed by atoms with E-state index in [-0.39, 0.29) is 11.8 Å². The Labute approximate surface area is 114 Å². The van der Waals surface area contributed by atoms with Crippen LogP contribution < -0.4 is 0 Å². The van der Waals surface area contributed by atoms with Crippen molar-refractivity contribution in [3.8, 4) is 0 Å². The first-order valence-corrected chi connectivity index (χ1v) is 10.1. The maximum absolute atomic E-state index is 10.3. The van der Waals surface area contributed by atoms with E-state index >= 15 is 0 Å². The average molecular weight is 270 g/mol. The Kier molecular flexibility index (Phi) is 9.33. The Morgan fingerprint density at radius 2 is 2.00 bits per heavy atom. The van der Waals surface area contributed by atoms with E-state index in [0.29, 0.717) is 0 Å². The van der Waals surface area contributed by atoms with Crippen LogP contribution in [0.3, 0.4) is 0 Å². The van der Waals surface area contributed by atoms with Gasteiger partial charge < -0.3 is 9.53 Å². The molecule has 1 N–H and O–H groups in total. The molecule has 18 heavy (non-hydrogen) atoms. The van der Waals surface area contributed by atoms with Gasteiger partial charge in [0.15, 0.2) is 0 Å². The van der Waals surface area contributed by atoms with Crippen molar-refractivity contribution in [2.24, 2.45) is 0 Å². The van der Waals surface area contributed by atoms with Crippen LogP contribution in [-0.2, 0) is 4.74 Å². The lowest BCUT2D eigenvalue weighted by atomic mass is 10.2. The predicted octanol–water partition coefficient (Wildman–Crippen LogP) is 4.21. The van der Waals surface area contributed by atoms with Crippen LogP contribution in [0.25, 0.3) is 0 Å². The van der Waals surface area contributed by atoms with E-state index < -0.39 is 8.32 Å². The van der Waals surface area contributed by atoms with E-state index in [1.54, 1.807) is 0 Å². The molecule has 3 heteroatoms. The fraction of sp³-hybridized carbons (Fsp3) is 0.733. The van der Waals surface area contributed by atoms with E-state index in [1.165, 1.54) is 12.8 Å². The topological polar surface area (TPSA) is 29.5 Å². The maximum atomic E-state index is 10.3. The Hall–Kier alpha value is -0.383. The normalized spacial score (nSPS) is 15.8. The SMILES string of the molecule is C=CC[C@H](/C=C/C)O[C@H](CCCCC)[Si](C)(C)O. The number of allylic oxidation sites excluding steroid dienone is 1. The minimum Gasteiger partial charge on any atom is -0.430 e. The van der Waals surface area contributed by atoms with Gasteiger partial charge in [0, 0.05) is 0 Å². The van der Waals surface area contributed by atoms with Crippen LogP contribution in [0, 0.1) is 0 Å². The molecule has 0 bridgehead atoms. The molecule has 0 unspecified atom stereocenters. The highest BCUT2D eigenvalue weighted by Gasteiger charge is 2.32. The third-order valence-corrected chi connectivity index (χ3v) is 5.00. The fourth-order valence-electron chi connectivity index (χ4n) is 1.94. The lowest BCUT2D eigenvalue weighted by Gasteiger charge is -2.30. The van der Waals surface area contributed by atoms with Gasteiger partial charge in [0.2, 0.25) is 8.32 Å². The molecule has 106 valence electrons. The van der Waals surface area contributed by atoms with Gasteiger partial charge in [-0.2, -0.15) is 0 Å². The third-order valence-electron chi connectivity index (χ3n) is 3.00. The molecule has 0 heterocycles. The van der Waals surface area contributed by atoms with Crippen molar-refractivity contribution in [2.75, 3.05) is 0 Å². The molecule has 2 nitrogen and oxygen atoms in total. The zero-order valence-electron chi connectivity index (χ0n) is 12.5. The Morgan fingerprint density at radius 3 is 2.44 bits per heavy atom. The molecule has 0 aliphatic carbocycles. The second-order valence-electron chi connectivity index (χ2n) is 5.36. The van der Waals surface area contributed by atoms with Crippen molar-refractivity contribution in [3.63, 3.8) is 0 Å². The summed E-state index contributed by atoms with van der Waals surface area (Å²) in [4.78, 5) is 10.3. The van der Waals surface area contributed by atoms with Gasteiger partial charge in [-0.25, -0.2) is 0 Å². The maximum Gasteiger partial charge on any atom is 0.210 e. The Morgan fingerprint density at radius 1 is 1.33 bits per heavy atom. The number of hydrogen-bond acceptors (Lipinski definition) is 2. The summed E-state index contributed by atoms with van der Waals surface area (Å²) in [5, 5.41) is 0. The van der Waals surface area contributed by atoms with Crippen molar-refractivity contribution >= 4 is 8.32 Å². The average Bonchev–Trinajstić information content (AvgIpc) is 2.27. The van der Waals surface area contributed by atoms with Gasteiger partial charge in [-0.3, -0.25) is 0 Å². The van der Waals surface area contributed by atoms with Crippen molar-refractivity contribution < 1.29 is 9.53 Å². The van der Waals surface area contributed by atoms with Gasteiger partial charge in [-0.05, 0) is 32.9 Å². The summed E-state index contributed by atoms with van der Waals surface area (Å²) >= 11 is 0. The highest BCUT2D eigenvalue weighted by atomic mass is 28.4. The molecule has 0 aliphatic heterocycles. The summed E-state index contributed by atoms with van der Waals surface area (Å²) in [6.45, 7) is 11.9. The molecule has 0 saturated heterocycles. The molecule has 0 fully saturated rings. The second kappa shape index (κ2) is 9.53. The second-order valence-corrected chi connectivity index (χ2v) is 9.31. The monoisotopic (exact) mass is 270 g/mol. The van der Waals surface area contributed by atoms with Crippen LogP contribution in [0.5, 0.6) is 0 Å². The van der Waals surface area contributed by atoms with E-state index in [1.807, 2.05) is 32.2 Å². The molecule has 0 saturated carbocycles. The molecule has 0 aromatic carbocycles. The van der Waals surface area contributed by atoms with Gasteiger partial charge in [0.25, 0.3) is 0 Å². The highest BCUT2D eigenvalue weighted by Crippen LogP contribution is 2.19. The molecular weight excluding hydrogens is 240 g/mol. The summed E-state index contributed by atoms with van der Waals surface area (Å²) in [6.07, 6.45) is 11.3. The quantitative estimate of drug-likeness (QED) is 0.366. The van der Waals surface area contributed by atoms with Gasteiger partial charge in [0.1, 0.15) is 0 Å². The van der Waals surface area contributed by atoms with E-state index in [4.69, 9.17) is 4.74 Å². The highest BCUT2D eigenvalue weighted by molar-refractivity contribution is 6.71. The standard InChI is InChI=1S/C15H30O2Si/c1-6-9-10-13-15(18(4,5)16)17-14(11-7-2)12-8-3/h7-8,12,14-16H,2,6,9-11,13H2,1,3-5H3/b12-8+/t14-,15+/m1/s1. The van der Waals surface area contributed by atoms with E-state index in [9.17, 15) is 4.80 Å². The molecule has 0 aromatic rings. The van der Waals surface area contributed by atoms with E-state index in [0.717, 1.165) is 19.3 Å². The van der Waals surface area contributed by atoms with Crippen LogP contribution in [0.2, 0.25) is 13.1 Å². The lowest BCUT2D eigenvalue weighted by Crippen LogP contribution is -2.45. The van der Waals surface area contributed by atoms with Crippen LogP contribution in [0.1, 0.15) is 46.0 Å². The summed E-state index contributed by atoms with van der Waals surface area (Å²) in [7, 11) is -2.25. The number of rotatable bonds is 10. The Balaban J connectivity index is 4.49. The van der Waals surface area contributed by atoms with Crippen molar-refractivity contribution in [3.05, 3.63) is 24.8 Å². The number of unbranched alkanes of at least 4 members (excludes halogenated alkanes) is 2. The molecule has 0 rings (SSSR count). The number of ether oxygens (including phenoxy) is 1. The van der Waals surface area contributed by atoms with Crippen LogP contribution in [0.15, 0.2) is 24.8 Å². The predicted molar refractivity (Wildman–Crippen MR) is 82.1 cm³/mol. The summed E-state index contributed by atoms with van der Waals surface area (Å²) < 4.78 is 6.10. The molecule has 0 spiro atoms. The van der Waals surface area contributed by atoms with Gasteiger partial charge in [0.05, 0.1) is 11.8 Å². The summed E-state index contributed by atoms with van der Waals surface area (Å²) in [5.41, 5.74) is 0.0187. The first kappa shape index (κ1) is 17.6. The van der Waals surface area contributed by atoms with Crippen molar-refractivity contribution in [2.45, 2.75) is 70.9 Å². The minimum absolute atomic E-state index is 0.0187. The van der Waals surface area contributed by atoms with Gasteiger partial charge >= 0.3 is 0 Å². The largest absolute Gasteiger partial charge is 0.430 e. The van der Waals surface area contributed by atoms with E-state index in [2.05, 4.69) is 19.6 Å². The summed E-state index contributed by atoms with van der Waals surface area (Å²) in [6, 6.07) is 0. The smallest absolute Gasteiger partial charge is 0.210 e. The van der Waals surface area contributed by atoms with Crippen molar-refractivity contribution in [1.29, 1.82) is 0 Å². The lowest BCUT2D eigenvalue weighted by molar-refractivity contribution is 0.0417. The zero-order chi connectivity index (χ0) is 14.0. The number of hydrogen-bond donors (Lipinski definition) is 1. The molecule has 0 aromatic heterocycles. The third kappa shape index (κ3) is 7.85. The van der Waals surface area contributed by atoms with Crippen LogP contribution in [-0.4, -0.2) is 24.9 Å². The first-order chi connectivity index (χ1) is 8.45. The molecular formula is C15H30O2Si. The molecule has 0 radical (unpaired) electrons. The first-order valence-electron chi connectivity index (χ1n) is 7.07. The molecule has 0 aliphatic rings. The van der Waals surface area contributed by atoms with Crippen molar-refractivity contribution in [1.82, 2.24) is 0 Å².